The van der Waals surface area contributed by atoms with Crippen LogP contribution < -0.4 is 0 Å². The Morgan fingerprint density at radius 2 is 2.26 bits per heavy atom. The molecule has 2 unspecified atom stereocenters. The number of carbonyl (C=O) groups is 1. The molecule has 0 bridgehead atoms. The molecule has 19 heavy (non-hydrogen) atoms. The number of carboxylic acids is 1. The van der Waals surface area contributed by atoms with Gasteiger partial charge in [-0.2, -0.15) is 0 Å². The third-order valence-corrected chi connectivity index (χ3v) is 3.44. The number of carboxylic acid groups (broad SMARTS) is 1. The maximum Gasteiger partial charge on any atom is 0.354 e. The number of hydrogen-bond acceptors (Lipinski definition) is 4. The Labute approximate surface area is 112 Å². The Bertz CT molecular complexity index is 435. The van der Waals surface area contributed by atoms with Gasteiger partial charge in [0.15, 0.2) is 0 Å². The molecular formula is C14H19NO4. The van der Waals surface area contributed by atoms with Crippen molar-refractivity contribution in [3.8, 4) is 0 Å². The second-order valence-electron chi connectivity index (χ2n) is 4.81. The third kappa shape index (κ3) is 4.01. The van der Waals surface area contributed by atoms with Crippen LogP contribution in [0.2, 0.25) is 0 Å². The number of nitrogens with zero attached hydrogens (tertiary/aromatic N) is 1. The fourth-order valence-corrected chi connectivity index (χ4v) is 2.36. The van der Waals surface area contributed by atoms with Gasteiger partial charge in [0, 0.05) is 13.3 Å². The largest absolute Gasteiger partial charge is 0.477 e. The summed E-state index contributed by atoms with van der Waals surface area (Å²) in [7, 11) is 1.73. The maximum atomic E-state index is 10.8. The molecule has 1 fully saturated rings. The average Bonchev–Trinajstić information content (AvgIpc) is 2.45. The number of hydrogen-bond donors (Lipinski definition) is 1. The van der Waals surface area contributed by atoms with Crippen molar-refractivity contribution >= 4 is 5.97 Å². The molecule has 2 atom stereocenters. The van der Waals surface area contributed by atoms with Crippen LogP contribution in [0.5, 0.6) is 0 Å². The highest BCUT2D eigenvalue weighted by atomic mass is 16.5. The van der Waals surface area contributed by atoms with E-state index in [9.17, 15) is 4.79 Å². The van der Waals surface area contributed by atoms with Crippen molar-refractivity contribution in [1.29, 1.82) is 0 Å². The topological polar surface area (TPSA) is 68.7 Å². The molecule has 1 aliphatic carbocycles. The molecule has 2 rings (SSSR count). The van der Waals surface area contributed by atoms with Crippen LogP contribution in [0.15, 0.2) is 18.3 Å². The average molecular weight is 265 g/mol. The standard InChI is InChI=1S/C14H19NO4/c1-18-11-3-2-4-12(8-11)19-9-10-5-6-15-13(7-10)14(16)17/h5-7,11-12H,2-4,8-9H2,1H3,(H,16,17). The predicted molar refractivity (Wildman–Crippen MR) is 69.0 cm³/mol. The summed E-state index contributed by atoms with van der Waals surface area (Å²) in [6.45, 7) is 0.421. The van der Waals surface area contributed by atoms with Gasteiger partial charge in [-0.25, -0.2) is 9.78 Å². The second-order valence-corrected chi connectivity index (χ2v) is 4.81. The van der Waals surface area contributed by atoms with Gasteiger partial charge >= 0.3 is 5.97 Å². The quantitative estimate of drug-likeness (QED) is 0.884. The van der Waals surface area contributed by atoms with Crippen LogP contribution in [0.25, 0.3) is 0 Å². The van der Waals surface area contributed by atoms with Gasteiger partial charge in [0.05, 0.1) is 18.8 Å². The minimum Gasteiger partial charge on any atom is -0.477 e. The maximum absolute atomic E-state index is 10.8. The molecule has 1 N–H and O–H groups in total. The number of aromatic carboxylic acids is 1. The van der Waals surface area contributed by atoms with Crippen LogP contribution in [0.3, 0.4) is 0 Å². The first-order chi connectivity index (χ1) is 9.19. The van der Waals surface area contributed by atoms with E-state index in [1.807, 2.05) is 0 Å². The van der Waals surface area contributed by atoms with Crippen LogP contribution in [-0.2, 0) is 16.1 Å². The van der Waals surface area contributed by atoms with Crippen molar-refractivity contribution < 1.29 is 19.4 Å². The minimum absolute atomic E-state index is 0.0551. The molecule has 0 amide bonds. The van der Waals surface area contributed by atoms with Gasteiger partial charge in [-0.1, -0.05) is 0 Å². The van der Waals surface area contributed by atoms with Crippen molar-refractivity contribution in [2.45, 2.75) is 44.5 Å². The van der Waals surface area contributed by atoms with E-state index in [2.05, 4.69) is 4.98 Å². The molecule has 1 aromatic rings. The highest BCUT2D eigenvalue weighted by Crippen LogP contribution is 2.23. The summed E-state index contributed by atoms with van der Waals surface area (Å²) in [6, 6.07) is 3.34. The lowest BCUT2D eigenvalue weighted by Gasteiger charge is -2.28. The first-order valence-corrected chi connectivity index (χ1v) is 6.51. The number of rotatable bonds is 5. The Morgan fingerprint density at radius 1 is 1.47 bits per heavy atom. The molecule has 0 aromatic carbocycles. The Morgan fingerprint density at radius 3 is 3.00 bits per heavy atom. The molecule has 1 saturated carbocycles. The predicted octanol–water partition coefficient (Wildman–Crippen LogP) is 2.25. The van der Waals surface area contributed by atoms with E-state index in [1.165, 1.54) is 6.20 Å². The molecule has 104 valence electrons. The fraction of sp³-hybridized carbons (Fsp3) is 0.571. The van der Waals surface area contributed by atoms with E-state index in [-0.39, 0.29) is 17.9 Å². The molecule has 0 aliphatic heterocycles. The normalized spacial score (nSPS) is 23.2. The van der Waals surface area contributed by atoms with Gasteiger partial charge in [-0.15, -0.1) is 0 Å². The van der Waals surface area contributed by atoms with Crippen molar-refractivity contribution in [3.05, 3.63) is 29.6 Å². The zero-order chi connectivity index (χ0) is 13.7. The summed E-state index contributed by atoms with van der Waals surface area (Å²) in [4.78, 5) is 14.6. The van der Waals surface area contributed by atoms with Gasteiger partial charge in [0.25, 0.3) is 0 Å². The summed E-state index contributed by atoms with van der Waals surface area (Å²) in [6.07, 6.45) is 6.13. The molecule has 5 nitrogen and oxygen atoms in total. The van der Waals surface area contributed by atoms with Gasteiger partial charge < -0.3 is 14.6 Å². The molecular weight excluding hydrogens is 246 g/mol. The molecule has 5 heteroatoms. The van der Waals surface area contributed by atoms with Crippen molar-refractivity contribution in [2.75, 3.05) is 7.11 Å². The Hall–Kier alpha value is -1.46. The summed E-state index contributed by atoms with van der Waals surface area (Å²) in [5.41, 5.74) is 0.895. The summed E-state index contributed by atoms with van der Waals surface area (Å²) in [5.74, 6) is -1.01. The SMILES string of the molecule is COC1CCCC(OCc2ccnc(C(=O)O)c2)C1. The Balaban J connectivity index is 1.88. The van der Waals surface area contributed by atoms with Crippen LogP contribution in [0.1, 0.15) is 41.7 Å². The molecule has 0 spiro atoms. The summed E-state index contributed by atoms with van der Waals surface area (Å²) < 4.78 is 11.2. The van der Waals surface area contributed by atoms with Crippen LogP contribution >= 0.6 is 0 Å². The molecule has 1 heterocycles. The van der Waals surface area contributed by atoms with Gasteiger partial charge in [0.1, 0.15) is 5.69 Å². The number of pyridine rings is 1. The first-order valence-electron chi connectivity index (χ1n) is 6.51. The smallest absolute Gasteiger partial charge is 0.354 e. The van der Waals surface area contributed by atoms with Gasteiger partial charge in [0.2, 0.25) is 0 Å². The second kappa shape index (κ2) is 6.63. The zero-order valence-electron chi connectivity index (χ0n) is 11.0. The van der Waals surface area contributed by atoms with Crippen molar-refractivity contribution in [1.82, 2.24) is 4.98 Å². The molecule has 0 radical (unpaired) electrons. The van der Waals surface area contributed by atoms with Crippen LogP contribution in [-0.4, -0.2) is 35.4 Å². The Kier molecular flexibility index (Phi) is 4.87. The fourth-order valence-electron chi connectivity index (χ4n) is 2.36. The molecule has 1 aromatic heterocycles. The van der Waals surface area contributed by atoms with E-state index in [0.717, 1.165) is 31.2 Å². The highest BCUT2D eigenvalue weighted by Gasteiger charge is 2.22. The number of ether oxygens (including phenoxy) is 2. The minimum atomic E-state index is -1.01. The summed E-state index contributed by atoms with van der Waals surface area (Å²) in [5, 5.41) is 8.87. The first kappa shape index (κ1) is 14.0. The number of aromatic nitrogens is 1. The number of methoxy groups -OCH3 is 1. The molecule has 1 aliphatic rings. The highest BCUT2D eigenvalue weighted by molar-refractivity contribution is 5.85. The van der Waals surface area contributed by atoms with E-state index < -0.39 is 5.97 Å². The summed E-state index contributed by atoms with van der Waals surface area (Å²) >= 11 is 0. The zero-order valence-corrected chi connectivity index (χ0v) is 11.0. The van der Waals surface area contributed by atoms with Crippen molar-refractivity contribution in [2.24, 2.45) is 0 Å². The van der Waals surface area contributed by atoms with Gasteiger partial charge in [-0.3, -0.25) is 0 Å². The van der Waals surface area contributed by atoms with E-state index in [1.54, 1.807) is 19.2 Å². The third-order valence-electron chi connectivity index (χ3n) is 3.44. The van der Waals surface area contributed by atoms with Gasteiger partial charge in [-0.05, 0) is 43.4 Å². The van der Waals surface area contributed by atoms with Crippen LogP contribution in [0.4, 0.5) is 0 Å². The van der Waals surface area contributed by atoms with Crippen molar-refractivity contribution in [3.63, 3.8) is 0 Å². The van der Waals surface area contributed by atoms with E-state index in [0.29, 0.717) is 6.61 Å². The van der Waals surface area contributed by atoms with Crippen LogP contribution in [0, 0.1) is 0 Å². The van der Waals surface area contributed by atoms with E-state index in [4.69, 9.17) is 14.6 Å². The molecule has 0 saturated heterocycles. The monoisotopic (exact) mass is 265 g/mol. The lowest BCUT2D eigenvalue weighted by atomic mass is 9.95. The van der Waals surface area contributed by atoms with E-state index >= 15 is 0 Å². The lowest BCUT2D eigenvalue weighted by Crippen LogP contribution is -2.27. The lowest BCUT2D eigenvalue weighted by molar-refractivity contribution is -0.0363.